The molecule has 0 aliphatic carbocycles. The zero-order chi connectivity index (χ0) is 19.9. The number of amides is 1. The van der Waals surface area contributed by atoms with Gasteiger partial charge in [-0.25, -0.2) is 9.37 Å². The lowest BCUT2D eigenvalue weighted by molar-refractivity contribution is 0.0949. The summed E-state index contributed by atoms with van der Waals surface area (Å²) < 4.78 is 16.7. The number of nitrogens with one attached hydrogen (secondary N) is 1. The fourth-order valence-electron chi connectivity index (χ4n) is 3.19. The fraction of sp³-hybridized carbons (Fsp3) is 0.273. The number of aryl methyl sites for hydroxylation is 1. The molecule has 0 atom stereocenters. The molecule has 0 saturated heterocycles. The molecular weight excluding hydrogens is 421 g/mol. The van der Waals surface area contributed by atoms with E-state index < -0.39 is 5.82 Å². The lowest BCUT2D eigenvalue weighted by Crippen LogP contribution is -2.25. The van der Waals surface area contributed by atoms with Crippen molar-refractivity contribution in [3.63, 3.8) is 0 Å². The summed E-state index contributed by atoms with van der Waals surface area (Å²) in [5, 5.41) is 2.78. The number of carbonyl (C=O) groups excluding carboxylic acids is 1. The molecule has 0 saturated carbocycles. The number of hydrogen-bond donors (Lipinski definition) is 1. The van der Waals surface area contributed by atoms with E-state index in [2.05, 4.69) is 38.5 Å². The Morgan fingerprint density at radius 2 is 1.86 bits per heavy atom. The lowest BCUT2D eigenvalue weighted by Gasteiger charge is -2.09. The van der Waals surface area contributed by atoms with E-state index in [4.69, 9.17) is 4.98 Å². The number of unbranched alkanes of at least 4 members (excludes halogenated alkanes) is 2. The summed E-state index contributed by atoms with van der Waals surface area (Å²) in [7, 11) is 0. The van der Waals surface area contributed by atoms with Crippen LogP contribution in [0.2, 0.25) is 0 Å². The molecule has 0 aliphatic heterocycles. The summed E-state index contributed by atoms with van der Waals surface area (Å²) in [5.74, 6) is 0.181. The summed E-state index contributed by atoms with van der Waals surface area (Å²) >= 11 is 3.45. The van der Waals surface area contributed by atoms with Gasteiger partial charge in [-0.1, -0.05) is 53.2 Å². The summed E-state index contributed by atoms with van der Waals surface area (Å²) in [6, 6.07) is 14.1. The summed E-state index contributed by atoms with van der Waals surface area (Å²) in [6.07, 6.45) is 3.62. The minimum Gasteiger partial charge on any atom is -0.352 e. The number of para-hydroxylation sites is 2. The number of hydrogen-bond acceptors (Lipinski definition) is 2. The van der Waals surface area contributed by atoms with Gasteiger partial charge in [0, 0.05) is 17.4 Å². The molecule has 0 fully saturated rings. The molecule has 1 amide bonds. The summed E-state index contributed by atoms with van der Waals surface area (Å²) in [4.78, 5) is 16.7. The highest BCUT2D eigenvalue weighted by atomic mass is 79.9. The fourth-order valence-corrected chi connectivity index (χ4v) is 3.44. The molecule has 6 heteroatoms. The second-order valence-corrected chi connectivity index (χ2v) is 7.79. The number of aromatic nitrogens is 2. The second kappa shape index (κ2) is 9.64. The van der Waals surface area contributed by atoms with Gasteiger partial charge in [0.05, 0.1) is 23.1 Å². The van der Waals surface area contributed by atoms with Crippen LogP contribution in [0.5, 0.6) is 0 Å². The molecule has 2 aromatic carbocycles. The SMILES string of the molecule is C=C(Br)Cn1c(CCCCCNC(=O)c2ccccc2F)nc2ccccc21. The van der Waals surface area contributed by atoms with Crippen molar-refractivity contribution in [3.05, 3.63) is 76.8 Å². The van der Waals surface area contributed by atoms with Gasteiger partial charge in [-0.05, 0) is 37.1 Å². The van der Waals surface area contributed by atoms with Crippen LogP contribution in [-0.2, 0) is 13.0 Å². The molecule has 1 N–H and O–H groups in total. The number of halogens is 2. The van der Waals surface area contributed by atoms with Crippen molar-refractivity contribution in [1.82, 2.24) is 14.9 Å². The molecule has 0 radical (unpaired) electrons. The standard InChI is InChI=1S/C22H23BrFN3O/c1-16(23)15-27-20-12-7-6-11-19(20)26-21(27)13-3-2-8-14-25-22(28)17-9-4-5-10-18(17)24/h4-7,9-12H,1-3,8,13-15H2,(H,25,28). The maximum atomic E-state index is 13.6. The smallest absolute Gasteiger partial charge is 0.254 e. The summed E-state index contributed by atoms with van der Waals surface area (Å²) in [5.41, 5.74) is 2.19. The third kappa shape index (κ3) is 5.07. The van der Waals surface area contributed by atoms with Crippen molar-refractivity contribution >= 4 is 32.9 Å². The zero-order valence-electron chi connectivity index (χ0n) is 15.6. The van der Waals surface area contributed by atoms with Crippen LogP contribution in [0.3, 0.4) is 0 Å². The maximum absolute atomic E-state index is 13.6. The first kappa shape index (κ1) is 20.3. The number of imidazole rings is 1. The second-order valence-electron chi connectivity index (χ2n) is 6.67. The van der Waals surface area contributed by atoms with E-state index in [1.54, 1.807) is 12.1 Å². The van der Waals surface area contributed by atoms with Gasteiger partial charge < -0.3 is 9.88 Å². The molecule has 1 heterocycles. The molecule has 3 aromatic rings. The van der Waals surface area contributed by atoms with Crippen molar-refractivity contribution < 1.29 is 9.18 Å². The van der Waals surface area contributed by atoms with Crippen LogP contribution in [0.25, 0.3) is 11.0 Å². The van der Waals surface area contributed by atoms with Gasteiger partial charge in [0.25, 0.3) is 5.91 Å². The molecule has 28 heavy (non-hydrogen) atoms. The van der Waals surface area contributed by atoms with Crippen molar-refractivity contribution in [3.8, 4) is 0 Å². The normalized spacial score (nSPS) is 10.9. The van der Waals surface area contributed by atoms with E-state index in [9.17, 15) is 9.18 Å². The number of carbonyl (C=O) groups is 1. The Labute approximate surface area is 172 Å². The molecule has 1 aromatic heterocycles. The van der Waals surface area contributed by atoms with E-state index >= 15 is 0 Å². The van der Waals surface area contributed by atoms with Gasteiger partial charge in [-0.2, -0.15) is 0 Å². The molecule has 0 spiro atoms. The average Bonchev–Trinajstić information content (AvgIpc) is 3.01. The Hall–Kier alpha value is -2.47. The Balaban J connectivity index is 1.48. The van der Waals surface area contributed by atoms with E-state index in [0.29, 0.717) is 13.1 Å². The van der Waals surface area contributed by atoms with Crippen molar-refractivity contribution in [2.45, 2.75) is 32.2 Å². The van der Waals surface area contributed by atoms with Gasteiger partial charge in [0.15, 0.2) is 0 Å². The van der Waals surface area contributed by atoms with E-state index in [1.807, 2.05) is 18.2 Å². The molecule has 146 valence electrons. The Morgan fingerprint density at radius 1 is 1.11 bits per heavy atom. The Kier molecular flexibility index (Phi) is 6.98. The largest absolute Gasteiger partial charge is 0.352 e. The minimum absolute atomic E-state index is 0.0891. The zero-order valence-corrected chi connectivity index (χ0v) is 17.2. The predicted molar refractivity (Wildman–Crippen MR) is 114 cm³/mol. The minimum atomic E-state index is -0.493. The average molecular weight is 444 g/mol. The van der Waals surface area contributed by atoms with E-state index in [-0.39, 0.29) is 11.5 Å². The Bertz CT molecular complexity index is 983. The lowest BCUT2D eigenvalue weighted by atomic mass is 10.1. The monoisotopic (exact) mass is 443 g/mol. The van der Waals surface area contributed by atoms with Crippen LogP contribution in [-0.4, -0.2) is 22.0 Å². The first-order valence-electron chi connectivity index (χ1n) is 9.36. The third-order valence-electron chi connectivity index (χ3n) is 4.54. The van der Waals surface area contributed by atoms with E-state index in [1.165, 1.54) is 12.1 Å². The van der Waals surface area contributed by atoms with Crippen LogP contribution in [0.4, 0.5) is 4.39 Å². The molecular formula is C22H23BrFN3O. The highest BCUT2D eigenvalue weighted by Gasteiger charge is 2.11. The molecule has 0 aliphatic rings. The van der Waals surface area contributed by atoms with E-state index in [0.717, 1.165) is 47.0 Å². The van der Waals surface area contributed by atoms with Crippen molar-refractivity contribution in [2.24, 2.45) is 0 Å². The van der Waals surface area contributed by atoms with Gasteiger partial charge in [-0.15, -0.1) is 0 Å². The van der Waals surface area contributed by atoms with Crippen LogP contribution < -0.4 is 5.32 Å². The maximum Gasteiger partial charge on any atom is 0.254 e. The number of allylic oxidation sites excluding steroid dienone is 1. The first-order chi connectivity index (χ1) is 13.6. The van der Waals surface area contributed by atoms with Crippen LogP contribution in [0.1, 0.15) is 35.4 Å². The van der Waals surface area contributed by atoms with Gasteiger partial charge in [0.1, 0.15) is 11.6 Å². The first-order valence-corrected chi connectivity index (χ1v) is 10.2. The number of fused-ring (bicyclic) bond motifs is 1. The van der Waals surface area contributed by atoms with Crippen LogP contribution in [0.15, 0.2) is 59.6 Å². The summed E-state index contributed by atoms with van der Waals surface area (Å²) in [6.45, 7) is 5.17. The molecule has 4 nitrogen and oxygen atoms in total. The molecule has 3 rings (SSSR count). The molecule has 0 bridgehead atoms. The van der Waals surface area contributed by atoms with Gasteiger partial charge in [0.2, 0.25) is 0 Å². The number of nitrogens with zero attached hydrogens (tertiary/aromatic N) is 2. The topological polar surface area (TPSA) is 46.9 Å². The quantitative estimate of drug-likeness (QED) is 0.460. The van der Waals surface area contributed by atoms with Gasteiger partial charge in [-0.3, -0.25) is 4.79 Å². The van der Waals surface area contributed by atoms with Crippen molar-refractivity contribution in [2.75, 3.05) is 6.54 Å². The molecule has 0 unspecified atom stereocenters. The van der Waals surface area contributed by atoms with Crippen LogP contribution in [0, 0.1) is 5.82 Å². The number of rotatable bonds is 9. The Morgan fingerprint density at radius 3 is 2.64 bits per heavy atom. The highest BCUT2D eigenvalue weighted by molar-refractivity contribution is 9.11. The highest BCUT2D eigenvalue weighted by Crippen LogP contribution is 2.20. The third-order valence-corrected chi connectivity index (χ3v) is 4.80. The number of benzene rings is 2. The predicted octanol–water partition coefficient (Wildman–Crippen LogP) is 5.23. The van der Waals surface area contributed by atoms with Crippen molar-refractivity contribution in [1.29, 1.82) is 0 Å². The van der Waals surface area contributed by atoms with Gasteiger partial charge >= 0.3 is 0 Å². The van der Waals surface area contributed by atoms with Crippen LogP contribution >= 0.6 is 15.9 Å².